The van der Waals surface area contributed by atoms with Gasteiger partial charge in [-0.1, -0.05) is 41.9 Å². The van der Waals surface area contributed by atoms with E-state index in [9.17, 15) is 13.2 Å². The number of nitrogens with zero attached hydrogens (tertiary/aromatic N) is 5. The number of halogens is 1. The van der Waals surface area contributed by atoms with E-state index >= 15 is 0 Å². The van der Waals surface area contributed by atoms with Gasteiger partial charge in [0.1, 0.15) is 6.54 Å². The molecule has 1 N–H and O–H groups in total. The van der Waals surface area contributed by atoms with E-state index in [0.29, 0.717) is 24.6 Å². The van der Waals surface area contributed by atoms with E-state index in [1.165, 1.54) is 21.2 Å². The molecule has 0 aliphatic heterocycles. The number of tetrazole rings is 1. The summed E-state index contributed by atoms with van der Waals surface area (Å²) in [6.07, 6.45) is 0. The molecular formula is C19H21BrN6O3S. The highest BCUT2D eigenvalue weighted by Gasteiger charge is 2.21. The lowest BCUT2D eigenvalue weighted by Gasteiger charge is -2.18. The zero-order chi connectivity index (χ0) is 21.7. The van der Waals surface area contributed by atoms with Crippen molar-refractivity contribution in [3.8, 4) is 11.4 Å². The standard InChI is InChI=1S/C19H21BrN6O3S/c1-3-25(4-2)30(28,29)15-11-9-14(10-12-15)21-18(27)13-26-23-19(22-24-26)16-7-5-6-8-17(16)20/h5-12H,3-4,13H2,1-2H3,(H,21,27). The largest absolute Gasteiger partial charge is 0.324 e. The van der Waals surface area contributed by atoms with E-state index < -0.39 is 10.0 Å². The second kappa shape index (κ2) is 9.45. The fourth-order valence-corrected chi connectivity index (χ4v) is 4.73. The molecule has 0 spiro atoms. The van der Waals surface area contributed by atoms with Crippen molar-refractivity contribution >= 4 is 37.5 Å². The Hall–Kier alpha value is -2.63. The van der Waals surface area contributed by atoms with Gasteiger partial charge in [0.2, 0.25) is 21.8 Å². The smallest absolute Gasteiger partial charge is 0.248 e. The molecule has 0 bridgehead atoms. The zero-order valence-corrected chi connectivity index (χ0v) is 18.9. The predicted octanol–water partition coefficient (Wildman–Crippen LogP) is 2.77. The summed E-state index contributed by atoms with van der Waals surface area (Å²) in [5.74, 6) is 0.0478. The Labute approximate surface area is 183 Å². The van der Waals surface area contributed by atoms with Crippen molar-refractivity contribution in [3.05, 3.63) is 53.0 Å². The second-order valence-electron chi connectivity index (χ2n) is 6.29. The molecule has 30 heavy (non-hydrogen) atoms. The molecule has 3 aromatic rings. The molecule has 0 fully saturated rings. The van der Waals surface area contributed by atoms with Crippen molar-refractivity contribution in [2.75, 3.05) is 18.4 Å². The molecule has 1 heterocycles. The number of sulfonamides is 1. The summed E-state index contributed by atoms with van der Waals surface area (Å²) in [7, 11) is -3.54. The number of nitrogens with one attached hydrogen (secondary N) is 1. The number of hydrogen-bond acceptors (Lipinski definition) is 6. The van der Waals surface area contributed by atoms with Crippen molar-refractivity contribution in [1.82, 2.24) is 24.5 Å². The lowest BCUT2D eigenvalue weighted by Crippen LogP contribution is -2.30. The molecule has 1 aromatic heterocycles. The highest BCUT2D eigenvalue weighted by molar-refractivity contribution is 9.10. The number of aromatic nitrogens is 4. The topological polar surface area (TPSA) is 110 Å². The lowest BCUT2D eigenvalue weighted by atomic mass is 10.2. The van der Waals surface area contributed by atoms with E-state index in [4.69, 9.17) is 0 Å². The summed E-state index contributed by atoms with van der Waals surface area (Å²) in [6.45, 7) is 4.23. The van der Waals surface area contributed by atoms with Crippen LogP contribution in [0.3, 0.4) is 0 Å². The first kappa shape index (κ1) is 22.1. The quantitative estimate of drug-likeness (QED) is 0.517. The number of anilines is 1. The third kappa shape index (κ3) is 4.91. The summed E-state index contributed by atoms with van der Waals surface area (Å²) >= 11 is 3.43. The van der Waals surface area contributed by atoms with Crippen LogP contribution in [0, 0.1) is 0 Å². The van der Waals surface area contributed by atoms with E-state index in [-0.39, 0.29) is 17.3 Å². The highest BCUT2D eigenvalue weighted by Crippen LogP contribution is 2.24. The Morgan fingerprint density at radius 1 is 1.10 bits per heavy atom. The maximum absolute atomic E-state index is 12.5. The van der Waals surface area contributed by atoms with Gasteiger partial charge >= 0.3 is 0 Å². The highest BCUT2D eigenvalue weighted by atomic mass is 79.9. The number of carbonyl (C=O) groups is 1. The first-order valence-electron chi connectivity index (χ1n) is 9.28. The summed E-state index contributed by atoms with van der Waals surface area (Å²) in [5, 5.41) is 14.8. The van der Waals surface area contributed by atoms with Gasteiger partial charge < -0.3 is 5.32 Å². The summed E-state index contributed by atoms with van der Waals surface area (Å²) in [5.41, 5.74) is 1.25. The molecular weight excluding hydrogens is 472 g/mol. The third-order valence-corrected chi connectivity index (χ3v) is 7.09. The molecule has 2 aromatic carbocycles. The van der Waals surface area contributed by atoms with Crippen LogP contribution < -0.4 is 5.32 Å². The summed E-state index contributed by atoms with van der Waals surface area (Å²) in [6, 6.07) is 13.5. The predicted molar refractivity (Wildman–Crippen MR) is 116 cm³/mol. The van der Waals surface area contributed by atoms with Gasteiger partial charge in [-0.25, -0.2) is 8.42 Å². The Kier molecular flexibility index (Phi) is 6.95. The van der Waals surface area contributed by atoms with Gasteiger partial charge in [-0.2, -0.15) is 9.10 Å². The molecule has 1 amide bonds. The van der Waals surface area contributed by atoms with E-state index in [0.717, 1.165) is 10.0 Å². The van der Waals surface area contributed by atoms with Gasteiger partial charge in [-0.15, -0.1) is 10.2 Å². The number of hydrogen-bond donors (Lipinski definition) is 1. The molecule has 0 saturated heterocycles. The minimum absolute atomic E-state index is 0.128. The van der Waals surface area contributed by atoms with Crippen LogP contribution in [0.2, 0.25) is 0 Å². The third-order valence-electron chi connectivity index (χ3n) is 4.33. The molecule has 0 aliphatic rings. The normalized spacial score (nSPS) is 11.6. The van der Waals surface area contributed by atoms with Crippen LogP contribution in [0.1, 0.15) is 13.8 Å². The maximum atomic E-state index is 12.5. The SMILES string of the molecule is CCN(CC)S(=O)(=O)c1ccc(NC(=O)Cn2nnc(-c3ccccc3Br)n2)cc1. The first-order valence-corrected chi connectivity index (χ1v) is 11.5. The Bertz CT molecular complexity index is 1130. The fourth-order valence-electron chi connectivity index (χ4n) is 2.81. The van der Waals surface area contributed by atoms with Gasteiger partial charge in [-0.3, -0.25) is 4.79 Å². The zero-order valence-electron chi connectivity index (χ0n) is 16.5. The van der Waals surface area contributed by atoms with Gasteiger partial charge in [0.25, 0.3) is 0 Å². The first-order chi connectivity index (χ1) is 14.3. The summed E-state index contributed by atoms with van der Waals surface area (Å²) in [4.78, 5) is 13.7. The van der Waals surface area contributed by atoms with Crippen molar-refractivity contribution in [2.24, 2.45) is 0 Å². The molecule has 0 atom stereocenters. The molecule has 0 radical (unpaired) electrons. The molecule has 158 valence electrons. The van der Waals surface area contributed by atoms with E-state index in [1.807, 2.05) is 24.3 Å². The Morgan fingerprint density at radius 2 is 1.77 bits per heavy atom. The van der Waals surface area contributed by atoms with Crippen LogP contribution in [0.5, 0.6) is 0 Å². The van der Waals surface area contributed by atoms with Crippen LogP contribution >= 0.6 is 15.9 Å². The monoisotopic (exact) mass is 492 g/mol. The van der Waals surface area contributed by atoms with Crippen molar-refractivity contribution < 1.29 is 13.2 Å². The maximum Gasteiger partial charge on any atom is 0.248 e. The minimum Gasteiger partial charge on any atom is -0.324 e. The van der Waals surface area contributed by atoms with Crippen molar-refractivity contribution in [2.45, 2.75) is 25.3 Å². The Balaban J connectivity index is 1.65. The molecule has 0 unspecified atom stereocenters. The van der Waals surface area contributed by atoms with Gasteiger partial charge in [-0.05, 0) is 41.6 Å². The average molecular weight is 493 g/mol. The number of rotatable bonds is 8. The van der Waals surface area contributed by atoms with Gasteiger partial charge in [0.15, 0.2) is 0 Å². The molecule has 3 rings (SSSR count). The van der Waals surface area contributed by atoms with E-state index in [2.05, 4.69) is 36.7 Å². The average Bonchev–Trinajstić information content (AvgIpc) is 3.17. The minimum atomic E-state index is -3.54. The van der Waals surface area contributed by atoms with Crippen LogP contribution in [0.4, 0.5) is 5.69 Å². The van der Waals surface area contributed by atoms with Crippen molar-refractivity contribution in [3.63, 3.8) is 0 Å². The van der Waals surface area contributed by atoms with Crippen LogP contribution in [0.15, 0.2) is 57.9 Å². The van der Waals surface area contributed by atoms with Crippen LogP contribution in [0.25, 0.3) is 11.4 Å². The molecule has 0 saturated carbocycles. The number of carbonyl (C=O) groups excluding carboxylic acids is 1. The van der Waals surface area contributed by atoms with Crippen LogP contribution in [-0.4, -0.2) is 51.9 Å². The fraction of sp³-hybridized carbons (Fsp3) is 0.263. The molecule has 11 heteroatoms. The second-order valence-corrected chi connectivity index (χ2v) is 9.08. The van der Waals surface area contributed by atoms with E-state index in [1.54, 1.807) is 26.0 Å². The van der Waals surface area contributed by atoms with Gasteiger partial charge in [0.05, 0.1) is 4.90 Å². The van der Waals surface area contributed by atoms with Gasteiger partial charge in [0, 0.05) is 28.8 Å². The molecule has 0 aliphatic carbocycles. The van der Waals surface area contributed by atoms with Crippen molar-refractivity contribution in [1.29, 1.82) is 0 Å². The number of amides is 1. The number of benzene rings is 2. The Morgan fingerprint density at radius 3 is 2.40 bits per heavy atom. The lowest BCUT2D eigenvalue weighted by molar-refractivity contribution is -0.117. The molecule has 9 nitrogen and oxygen atoms in total. The summed E-state index contributed by atoms with van der Waals surface area (Å²) < 4.78 is 27.2. The van der Waals surface area contributed by atoms with Crippen LogP contribution in [-0.2, 0) is 21.4 Å².